The van der Waals surface area contributed by atoms with Crippen LogP contribution in [0.5, 0.6) is 0 Å². The summed E-state index contributed by atoms with van der Waals surface area (Å²) in [6, 6.07) is 0. The molecule has 16 heavy (non-hydrogen) atoms. The van der Waals surface area contributed by atoms with Crippen LogP contribution in [-0.4, -0.2) is 36.0 Å². The normalized spacial score (nSPS) is 24.1. The summed E-state index contributed by atoms with van der Waals surface area (Å²) < 4.78 is 15.2. The maximum atomic E-state index is 11.1. The Bertz CT molecular complexity index is 256. The molecule has 0 N–H and O–H groups in total. The smallest absolute Gasteiger partial charge is 0.305 e. The fraction of sp³-hybridized carbons (Fsp3) is 0.800. The van der Waals surface area contributed by atoms with Gasteiger partial charge in [0.15, 0.2) is 0 Å². The van der Waals surface area contributed by atoms with Gasteiger partial charge in [-0.1, -0.05) is 6.92 Å². The van der Waals surface area contributed by atoms with Crippen LogP contribution in [0.15, 0.2) is 0 Å². The lowest BCUT2D eigenvalue weighted by Gasteiger charge is -2.12. The van der Waals surface area contributed by atoms with E-state index in [0.717, 1.165) is 6.42 Å². The van der Waals surface area contributed by atoms with E-state index in [0.29, 0.717) is 12.2 Å². The number of esters is 2. The molecule has 1 aliphatic heterocycles. The van der Waals surface area contributed by atoms with E-state index < -0.39 is 6.29 Å². The van der Waals surface area contributed by atoms with Crippen molar-refractivity contribution in [2.24, 2.45) is 0 Å². The van der Waals surface area contributed by atoms with Crippen LogP contribution < -0.4 is 0 Å². The molecule has 0 saturated carbocycles. The molecule has 1 fully saturated rings. The van der Waals surface area contributed by atoms with E-state index >= 15 is 0 Å². The molecule has 0 aromatic carbocycles. The van der Waals surface area contributed by atoms with Gasteiger partial charge in [-0.05, 0) is 6.42 Å². The summed E-state index contributed by atoms with van der Waals surface area (Å²) in [6.45, 7) is 3.46. The van der Waals surface area contributed by atoms with Crippen LogP contribution in [0.3, 0.4) is 0 Å². The average Bonchev–Trinajstić information content (AvgIpc) is 2.62. The molecule has 92 valence electrons. The van der Waals surface area contributed by atoms with Crippen molar-refractivity contribution < 1.29 is 23.8 Å². The Kier molecular flexibility index (Phi) is 5.62. The van der Waals surface area contributed by atoms with Gasteiger partial charge < -0.3 is 14.2 Å². The first-order valence-corrected chi connectivity index (χ1v) is 6.26. The van der Waals surface area contributed by atoms with Crippen molar-refractivity contribution in [3.8, 4) is 0 Å². The number of hydrogen-bond acceptors (Lipinski definition) is 6. The van der Waals surface area contributed by atoms with E-state index in [1.165, 1.54) is 18.7 Å². The SMILES string of the molecule is CCCC(=O)OC[C@@H]1OC(OC(C)=O)CS1. The van der Waals surface area contributed by atoms with Crippen molar-refractivity contribution in [1.29, 1.82) is 0 Å². The van der Waals surface area contributed by atoms with Crippen LogP contribution >= 0.6 is 11.8 Å². The van der Waals surface area contributed by atoms with E-state index in [2.05, 4.69) is 0 Å². The minimum absolute atomic E-state index is 0.210. The predicted molar refractivity (Wildman–Crippen MR) is 58.8 cm³/mol. The summed E-state index contributed by atoms with van der Waals surface area (Å²) >= 11 is 1.48. The predicted octanol–water partition coefficient (Wildman–Crippen LogP) is 1.31. The zero-order valence-electron chi connectivity index (χ0n) is 9.43. The first-order chi connectivity index (χ1) is 7.61. The second-order valence-corrected chi connectivity index (χ2v) is 4.56. The van der Waals surface area contributed by atoms with Crippen LogP contribution in [0.2, 0.25) is 0 Å². The molecule has 1 rings (SSSR count). The lowest BCUT2D eigenvalue weighted by atomic mass is 10.3. The molecule has 0 aromatic rings. The maximum absolute atomic E-state index is 11.1. The van der Waals surface area contributed by atoms with E-state index in [1.54, 1.807) is 0 Å². The standard InChI is InChI=1S/C10H16O5S/c1-3-4-8(12)13-5-10-15-9(6-16-10)14-7(2)11/h9-10H,3-6H2,1-2H3/t9?,10-/m1/s1. The van der Waals surface area contributed by atoms with Crippen LogP contribution in [-0.2, 0) is 23.8 Å². The van der Waals surface area contributed by atoms with Gasteiger partial charge in [0.1, 0.15) is 12.0 Å². The molecule has 1 unspecified atom stereocenters. The van der Waals surface area contributed by atoms with Gasteiger partial charge in [-0.15, -0.1) is 11.8 Å². The van der Waals surface area contributed by atoms with E-state index in [4.69, 9.17) is 14.2 Å². The molecule has 0 amide bonds. The summed E-state index contributed by atoms with van der Waals surface area (Å²) in [4.78, 5) is 21.7. The molecule has 1 heterocycles. The summed E-state index contributed by atoms with van der Waals surface area (Å²) in [5.74, 6) is -0.00729. The van der Waals surface area contributed by atoms with Gasteiger partial charge >= 0.3 is 11.9 Å². The molecular formula is C10H16O5S. The Hall–Kier alpha value is -0.750. The summed E-state index contributed by atoms with van der Waals surface area (Å²) in [5.41, 5.74) is -0.231. The molecule has 2 atom stereocenters. The lowest BCUT2D eigenvalue weighted by molar-refractivity contribution is -0.175. The molecule has 0 bridgehead atoms. The van der Waals surface area contributed by atoms with Gasteiger partial charge in [-0.2, -0.15) is 0 Å². The average molecular weight is 248 g/mol. The molecule has 1 aliphatic rings. The second kappa shape index (κ2) is 6.75. The quantitative estimate of drug-likeness (QED) is 0.684. The Balaban J connectivity index is 2.16. The highest BCUT2D eigenvalue weighted by molar-refractivity contribution is 8.00. The molecule has 1 saturated heterocycles. The highest BCUT2D eigenvalue weighted by atomic mass is 32.2. The second-order valence-electron chi connectivity index (χ2n) is 3.37. The van der Waals surface area contributed by atoms with Crippen LogP contribution in [0.4, 0.5) is 0 Å². The van der Waals surface area contributed by atoms with Crippen LogP contribution in [0.1, 0.15) is 26.7 Å². The number of ether oxygens (including phenoxy) is 3. The topological polar surface area (TPSA) is 61.8 Å². The van der Waals surface area contributed by atoms with Gasteiger partial charge in [0.05, 0.1) is 5.75 Å². The van der Waals surface area contributed by atoms with E-state index in [9.17, 15) is 9.59 Å². The van der Waals surface area contributed by atoms with Gasteiger partial charge in [0, 0.05) is 13.3 Å². The summed E-state index contributed by atoms with van der Waals surface area (Å²) in [6.07, 6.45) is 0.676. The third-order valence-electron chi connectivity index (χ3n) is 1.85. The molecule has 0 aliphatic carbocycles. The minimum atomic E-state index is -0.516. The third kappa shape index (κ3) is 4.85. The molecule has 0 radical (unpaired) electrons. The number of hydrogen-bond donors (Lipinski definition) is 0. The van der Waals surface area contributed by atoms with Crippen molar-refractivity contribution in [3.05, 3.63) is 0 Å². The summed E-state index contributed by atoms with van der Waals surface area (Å²) in [5, 5.41) is 0. The highest BCUT2D eigenvalue weighted by Crippen LogP contribution is 2.26. The summed E-state index contributed by atoms with van der Waals surface area (Å²) in [7, 11) is 0. The van der Waals surface area contributed by atoms with Crippen molar-refractivity contribution in [3.63, 3.8) is 0 Å². The third-order valence-corrected chi connectivity index (χ3v) is 2.94. The Morgan fingerprint density at radius 2 is 2.25 bits per heavy atom. The van der Waals surface area contributed by atoms with E-state index in [1.807, 2.05) is 6.92 Å². The van der Waals surface area contributed by atoms with Gasteiger partial charge in [0.2, 0.25) is 6.29 Å². The lowest BCUT2D eigenvalue weighted by Crippen LogP contribution is -2.22. The van der Waals surface area contributed by atoms with Gasteiger partial charge in [-0.3, -0.25) is 9.59 Å². The largest absolute Gasteiger partial charge is 0.462 e. The zero-order chi connectivity index (χ0) is 12.0. The monoisotopic (exact) mass is 248 g/mol. The molecule has 0 spiro atoms. The Morgan fingerprint density at radius 1 is 1.50 bits per heavy atom. The number of rotatable bonds is 5. The zero-order valence-corrected chi connectivity index (χ0v) is 10.2. The van der Waals surface area contributed by atoms with Crippen molar-refractivity contribution in [2.45, 2.75) is 38.4 Å². The number of carbonyl (C=O) groups excluding carboxylic acids is 2. The molecule has 0 aromatic heterocycles. The maximum Gasteiger partial charge on any atom is 0.305 e. The van der Waals surface area contributed by atoms with Crippen molar-refractivity contribution >= 4 is 23.7 Å². The fourth-order valence-corrected chi connectivity index (χ4v) is 2.09. The highest BCUT2D eigenvalue weighted by Gasteiger charge is 2.28. The molecule has 6 heteroatoms. The number of thioether (sulfide) groups is 1. The molecular weight excluding hydrogens is 232 g/mol. The van der Waals surface area contributed by atoms with Crippen LogP contribution in [0.25, 0.3) is 0 Å². The van der Waals surface area contributed by atoms with E-state index in [-0.39, 0.29) is 24.0 Å². The minimum Gasteiger partial charge on any atom is -0.462 e. The van der Waals surface area contributed by atoms with Crippen molar-refractivity contribution in [2.75, 3.05) is 12.4 Å². The van der Waals surface area contributed by atoms with Crippen molar-refractivity contribution in [1.82, 2.24) is 0 Å². The van der Waals surface area contributed by atoms with Gasteiger partial charge in [-0.25, -0.2) is 0 Å². The first kappa shape index (κ1) is 13.3. The first-order valence-electron chi connectivity index (χ1n) is 5.21. The number of carbonyl (C=O) groups is 2. The Labute approximate surface area is 98.8 Å². The molecule has 5 nitrogen and oxygen atoms in total. The van der Waals surface area contributed by atoms with Gasteiger partial charge in [0.25, 0.3) is 0 Å². The Morgan fingerprint density at radius 3 is 2.88 bits per heavy atom. The van der Waals surface area contributed by atoms with Crippen LogP contribution in [0, 0.1) is 0 Å². The fourth-order valence-electron chi connectivity index (χ4n) is 1.21.